The number of hydrogen-bond donors (Lipinski definition) is 1. The molecule has 0 aromatic heterocycles. The molecule has 0 radical (unpaired) electrons. The number of carbonyl (C=O) groups is 2. The van der Waals surface area contributed by atoms with E-state index in [9.17, 15) is 9.59 Å². The van der Waals surface area contributed by atoms with E-state index in [1.54, 1.807) is 4.90 Å². The maximum absolute atomic E-state index is 12.5. The number of amides is 2. The summed E-state index contributed by atoms with van der Waals surface area (Å²) in [4.78, 5) is 26.0. The van der Waals surface area contributed by atoms with Gasteiger partial charge in [-0.25, -0.2) is 0 Å². The van der Waals surface area contributed by atoms with Gasteiger partial charge in [0.25, 0.3) is 0 Å². The molecule has 2 aromatic rings. The third kappa shape index (κ3) is 2.52. The minimum atomic E-state index is -0.486. The second-order valence-corrected chi connectivity index (χ2v) is 5.09. The summed E-state index contributed by atoms with van der Waals surface area (Å²) in [5, 5.41) is 2.87. The summed E-state index contributed by atoms with van der Waals surface area (Å²) < 4.78 is 0. The van der Waals surface area contributed by atoms with Gasteiger partial charge >= 0.3 is 0 Å². The van der Waals surface area contributed by atoms with Crippen molar-refractivity contribution in [2.24, 2.45) is 0 Å². The van der Waals surface area contributed by atoms with Crippen molar-refractivity contribution in [2.75, 3.05) is 10.2 Å². The van der Waals surface area contributed by atoms with Gasteiger partial charge in [0.15, 0.2) is 0 Å². The van der Waals surface area contributed by atoms with Crippen molar-refractivity contribution in [2.45, 2.75) is 19.4 Å². The molecule has 0 saturated carbocycles. The number of carbonyl (C=O) groups excluding carboxylic acids is 2. The zero-order chi connectivity index (χ0) is 14.8. The van der Waals surface area contributed by atoms with Gasteiger partial charge in [0.05, 0.1) is 0 Å². The van der Waals surface area contributed by atoms with Crippen LogP contribution in [0, 0.1) is 0 Å². The van der Waals surface area contributed by atoms with Crippen LogP contribution < -0.4 is 10.2 Å². The number of fused-ring (bicyclic) bond motifs is 1. The smallest absolute Gasteiger partial charge is 0.247 e. The molecule has 2 amide bonds. The number of hydrogen-bond acceptors (Lipinski definition) is 2. The first kappa shape index (κ1) is 13.4. The lowest BCUT2D eigenvalue weighted by Crippen LogP contribution is -2.44. The average molecular weight is 280 g/mol. The van der Waals surface area contributed by atoms with E-state index in [4.69, 9.17) is 0 Å². The Morgan fingerprint density at radius 3 is 2.43 bits per heavy atom. The summed E-state index contributed by atoms with van der Waals surface area (Å²) in [6.07, 6.45) is 0.550. The summed E-state index contributed by atoms with van der Waals surface area (Å²) in [6.45, 7) is 1.49. The molecule has 21 heavy (non-hydrogen) atoms. The minimum Gasteiger partial charge on any atom is -0.324 e. The van der Waals surface area contributed by atoms with Crippen LogP contribution in [0.25, 0.3) is 0 Å². The van der Waals surface area contributed by atoms with Gasteiger partial charge in [-0.3, -0.25) is 14.5 Å². The predicted octanol–water partition coefficient (Wildman–Crippen LogP) is 2.60. The van der Waals surface area contributed by atoms with Crippen molar-refractivity contribution in [3.63, 3.8) is 0 Å². The molecule has 1 atom stereocenters. The number of nitrogens with zero attached hydrogens (tertiary/aromatic N) is 1. The number of benzene rings is 2. The summed E-state index contributed by atoms with van der Waals surface area (Å²) in [7, 11) is 0. The lowest BCUT2D eigenvalue weighted by atomic mass is 10.1. The molecule has 1 heterocycles. The van der Waals surface area contributed by atoms with E-state index in [-0.39, 0.29) is 11.8 Å². The van der Waals surface area contributed by atoms with Gasteiger partial charge in [0.1, 0.15) is 6.04 Å². The van der Waals surface area contributed by atoms with Crippen LogP contribution in [-0.2, 0) is 16.0 Å². The van der Waals surface area contributed by atoms with Crippen molar-refractivity contribution in [1.82, 2.24) is 0 Å². The highest BCUT2D eigenvalue weighted by atomic mass is 16.2. The number of rotatable bonds is 2. The Balaban J connectivity index is 1.85. The topological polar surface area (TPSA) is 49.4 Å². The second-order valence-electron chi connectivity index (χ2n) is 5.09. The fourth-order valence-corrected chi connectivity index (χ4v) is 2.73. The third-order valence-electron chi connectivity index (χ3n) is 3.66. The first-order valence-corrected chi connectivity index (χ1v) is 6.90. The zero-order valence-electron chi connectivity index (χ0n) is 11.7. The fraction of sp³-hybridized carbons (Fsp3) is 0.176. The molecule has 3 rings (SSSR count). The average Bonchev–Trinajstić information content (AvgIpc) is 2.88. The van der Waals surface area contributed by atoms with Gasteiger partial charge in [-0.05, 0) is 23.8 Å². The van der Waals surface area contributed by atoms with Crippen LogP contribution in [0.4, 0.5) is 11.4 Å². The standard InChI is InChI=1S/C17H16N2O2/c1-12(20)19-15-10-6-5-7-13(15)11-16(19)17(21)18-14-8-3-2-4-9-14/h2-10,16H,11H2,1H3,(H,18,21)/t16-/m0/s1. The van der Waals surface area contributed by atoms with E-state index in [0.717, 1.165) is 16.9 Å². The molecule has 106 valence electrons. The number of nitrogens with one attached hydrogen (secondary N) is 1. The maximum atomic E-state index is 12.5. The largest absolute Gasteiger partial charge is 0.324 e. The van der Waals surface area contributed by atoms with E-state index in [1.165, 1.54) is 6.92 Å². The Kier molecular flexibility index (Phi) is 3.44. The Morgan fingerprint density at radius 1 is 1.05 bits per heavy atom. The normalized spacial score (nSPS) is 16.4. The fourth-order valence-electron chi connectivity index (χ4n) is 2.73. The Hall–Kier alpha value is -2.62. The van der Waals surface area contributed by atoms with Gasteiger partial charge < -0.3 is 5.32 Å². The first-order valence-electron chi connectivity index (χ1n) is 6.90. The van der Waals surface area contributed by atoms with Gasteiger partial charge in [-0.15, -0.1) is 0 Å². The second kappa shape index (κ2) is 5.40. The van der Waals surface area contributed by atoms with Crippen LogP contribution in [0.15, 0.2) is 54.6 Å². The van der Waals surface area contributed by atoms with Crippen LogP contribution in [0.3, 0.4) is 0 Å². The molecule has 1 aliphatic rings. The molecular weight excluding hydrogens is 264 g/mol. The molecule has 4 heteroatoms. The van der Waals surface area contributed by atoms with E-state index in [0.29, 0.717) is 6.42 Å². The van der Waals surface area contributed by atoms with Crippen molar-refractivity contribution in [3.8, 4) is 0 Å². The van der Waals surface area contributed by atoms with Crippen LogP contribution >= 0.6 is 0 Å². The molecule has 0 spiro atoms. The van der Waals surface area contributed by atoms with Crippen molar-refractivity contribution in [1.29, 1.82) is 0 Å². The maximum Gasteiger partial charge on any atom is 0.247 e. The van der Waals surface area contributed by atoms with Crippen LogP contribution in [0.2, 0.25) is 0 Å². The van der Waals surface area contributed by atoms with E-state index >= 15 is 0 Å². The highest BCUT2D eigenvalue weighted by Gasteiger charge is 2.36. The lowest BCUT2D eigenvalue weighted by Gasteiger charge is -2.23. The first-order chi connectivity index (χ1) is 10.2. The molecule has 0 fully saturated rings. The monoisotopic (exact) mass is 280 g/mol. The molecule has 0 bridgehead atoms. The molecule has 0 saturated heterocycles. The van der Waals surface area contributed by atoms with E-state index in [2.05, 4.69) is 5.32 Å². The lowest BCUT2D eigenvalue weighted by molar-refractivity contribution is -0.122. The van der Waals surface area contributed by atoms with Crippen LogP contribution in [0.1, 0.15) is 12.5 Å². The highest BCUT2D eigenvalue weighted by molar-refractivity contribution is 6.06. The Bertz CT molecular complexity index is 682. The quantitative estimate of drug-likeness (QED) is 0.919. The molecule has 1 N–H and O–H groups in total. The van der Waals surface area contributed by atoms with Gasteiger partial charge in [0, 0.05) is 24.7 Å². The minimum absolute atomic E-state index is 0.117. The number of anilines is 2. The SMILES string of the molecule is CC(=O)N1c2ccccc2C[C@H]1C(=O)Nc1ccccc1. The van der Waals surface area contributed by atoms with E-state index < -0.39 is 6.04 Å². The highest BCUT2D eigenvalue weighted by Crippen LogP contribution is 2.32. The predicted molar refractivity (Wildman–Crippen MR) is 82.2 cm³/mol. The van der Waals surface area contributed by atoms with Crippen LogP contribution in [-0.4, -0.2) is 17.9 Å². The van der Waals surface area contributed by atoms with Gasteiger partial charge in [-0.2, -0.15) is 0 Å². The van der Waals surface area contributed by atoms with Crippen molar-refractivity contribution in [3.05, 3.63) is 60.2 Å². The Labute approximate surface area is 123 Å². The summed E-state index contributed by atoms with van der Waals surface area (Å²) in [6, 6.07) is 16.4. The molecular formula is C17H16N2O2. The van der Waals surface area contributed by atoms with Gasteiger partial charge in [0.2, 0.25) is 11.8 Å². The molecule has 1 aliphatic heterocycles. The molecule has 0 aliphatic carbocycles. The van der Waals surface area contributed by atoms with Crippen LogP contribution in [0.5, 0.6) is 0 Å². The van der Waals surface area contributed by atoms with Crippen molar-refractivity contribution < 1.29 is 9.59 Å². The summed E-state index contributed by atoms with van der Waals surface area (Å²) in [5.74, 6) is -0.277. The van der Waals surface area contributed by atoms with E-state index in [1.807, 2.05) is 54.6 Å². The van der Waals surface area contributed by atoms with Crippen molar-refractivity contribution >= 4 is 23.2 Å². The summed E-state index contributed by atoms with van der Waals surface area (Å²) >= 11 is 0. The zero-order valence-corrected chi connectivity index (χ0v) is 11.7. The molecule has 0 unspecified atom stereocenters. The Morgan fingerprint density at radius 2 is 1.71 bits per heavy atom. The summed E-state index contributed by atoms with van der Waals surface area (Å²) in [5.41, 5.74) is 2.60. The third-order valence-corrected chi connectivity index (χ3v) is 3.66. The van der Waals surface area contributed by atoms with Gasteiger partial charge in [-0.1, -0.05) is 36.4 Å². The molecule has 4 nitrogen and oxygen atoms in total. The molecule has 2 aromatic carbocycles. The number of para-hydroxylation sites is 2.